The van der Waals surface area contributed by atoms with Crippen molar-refractivity contribution in [3.05, 3.63) is 33.8 Å². The number of aliphatic hydroxyl groups excluding tert-OH is 1. The maximum absolute atomic E-state index is 11.9. The van der Waals surface area contributed by atoms with Gasteiger partial charge in [0, 0.05) is 24.1 Å². The Labute approximate surface area is 116 Å². The molecule has 1 rings (SSSR count). The summed E-state index contributed by atoms with van der Waals surface area (Å²) in [6.07, 6.45) is -0.369. The fourth-order valence-electron chi connectivity index (χ4n) is 1.47. The quantitative estimate of drug-likeness (QED) is 0.697. The molecule has 0 aliphatic carbocycles. The van der Waals surface area contributed by atoms with Gasteiger partial charge in [-0.3, -0.25) is 4.79 Å². The zero-order valence-electron chi connectivity index (χ0n) is 10.7. The second kappa shape index (κ2) is 7.51. The number of nitrogens with one attached hydrogen (secondary N) is 2. The molecule has 1 unspecified atom stereocenters. The van der Waals surface area contributed by atoms with Crippen molar-refractivity contribution in [2.24, 2.45) is 0 Å². The average Bonchev–Trinajstić information content (AvgIpc) is 2.27. The number of hydrogen-bond donors (Lipinski definition) is 3. The second-order valence-electron chi connectivity index (χ2n) is 4.29. The summed E-state index contributed by atoms with van der Waals surface area (Å²) in [6.45, 7) is 5.40. The molecule has 18 heavy (non-hydrogen) atoms. The lowest BCUT2D eigenvalue weighted by Gasteiger charge is -2.09. The van der Waals surface area contributed by atoms with Crippen molar-refractivity contribution in [2.75, 3.05) is 19.6 Å². The largest absolute Gasteiger partial charge is 0.392 e. The van der Waals surface area contributed by atoms with E-state index in [1.165, 1.54) is 0 Å². The summed E-state index contributed by atoms with van der Waals surface area (Å²) in [6, 6.07) is 5.63. The summed E-state index contributed by atoms with van der Waals surface area (Å²) >= 11 is 3.38. The lowest BCUT2D eigenvalue weighted by Crippen LogP contribution is -2.34. The molecule has 0 saturated carbocycles. The monoisotopic (exact) mass is 314 g/mol. The van der Waals surface area contributed by atoms with Gasteiger partial charge in [0.1, 0.15) is 0 Å². The number of rotatable bonds is 6. The molecule has 1 atom stereocenters. The third kappa shape index (κ3) is 5.16. The van der Waals surface area contributed by atoms with Gasteiger partial charge >= 0.3 is 0 Å². The van der Waals surface area contributed by atoms with Crippen molar-refractivity contribution in [3.8, 4) is 0 Å². The molecular weight excluding hydrogens is 296 g/mol. The van der Waals surface area contributed by atoms with Gasteiger partial charge < -0.3 is 15.7 Å². The molecule has 0 bridgehead atoms. The van der Waals surface area contributed by atoms with E-state index in [-0.39, 0.29) is 12.0 Å². The van der Waals surface area contributed by atoms with Crippen LogP contribution in [0, 0.1) is 6.92 Å². The summed E-state index contributed by atoms with van der Waals surface area (Å²) < 4.78 is 0.803. The zero-order valence-corrected chi connectivity index (χ0v) is 12.3. The van der Waals surface area contributed by atoms with Crippen LogP contribution in [0.4, 0.5) is 0 Å². The minimum absolute atomic E-state index is 0.0966. The number of carbonyl (C=O) groups excluding carboxylic acids is 1. The van der Waals surface area contributed by atoms with Crippen LogP contribution in [-0.4, -0.2) is 36.8 Å². The van der Waals surface area contributed by atoms with Crippen LogP contribution in [-0.2, 0) is 0 Å². The van der Waals surface area contributed by atoms with Crippen LogP contribution >= 0.6 is 15.9 Å². The molecule has 0 fully saturated rings. The molecule has 1 aromatic rings. The summed E-state index contributed by atoms with van der Waals surface area (Å²) in [5, 5.41) is 14.9. The van der Waals surface area contributed by atoms with Gasteiger partial charge in [0.15, 0.2) is 0 Å². The number of benzene rings is 1. The summed E-state index contributed by atoms with van der Waals surface area (Å²) in [5.74, 6) is -0.0966. The van der Waals surface area contributed by atoms with E-state index in [9.17, 15) is 4.79 Å². The molecule has 1 amide bonds. The molecule has 1 aromatic carbocycles. The Balaban J connectivity index is 2.36. The topological polar surface area (TPSA) is 61.4 Å². The van der Waals surface area contributed by atoms with Gasteiger partial charge in [-0.2, -0.15) is 0 Å². The Morgan fingerprint density at radius 3 is 2.78 bits per heavy atom. The first-order valence-electron chi connectivity index (χ1n) is 5.94. The molecule has 0 spiro atoms. The maximum Gasteiger partial charge on any atom is 0.252 e. The Kier molecular flexibility index (Phi) is 6.32. The number of halogens is 1. The van der Waals surface area contributed by atoms with E-state index in [4.69, 9.17) is 5.11 Å². The highest BCUT2D eigenvalue weighted by atomic mass is 79.9. The molecule has 5 heteroatoms. The van der Waals surface area contributed by atoms with Gasteiger partial charge in [0.25, 0.3) is 5.91 Å². The first kappa shape index (κ1) is 15.1. The predicted octanol–water partition coefficient (Wildman–Crippen LogP) is 1.46. The van der Waals surface area contributed by atoms with Crippen LogP contribution in [0.3, 0.4) is 0 Å². The molecular formula is C13H19BrN2O2. The van der Waals surface area contributed by atoms with Crippen LogP contribution in [0.1, 0.15) is 22.8 Å². The normalized spacial score (nSPS) is 12.2. The molecule has 0 aliphatic rings. The van der Waals surface area contributed by atoms with Crippen LogP contribution in [0.2, 0.25) is 0 Å². The van der Waals surface area contributed by atoms with Crippen LogP contribution in [0.5, 0.6) is 0 Å². The highest BCUT2D eigenvalue weighted by Crippen LogP contribution is 2.17. The molecule has 0 radical (unpaired) electrons. The van der Waals surface area contributed by atoms with E-state index in [0.717, 1.165) is 10.0 Å². The lowest BCUT2D eigenvalue weighted by atomic mass is 10.1. The van der Waals surface area contributed by atoms with Crippen molar-refractivity contribution in [2.45, 2.75) is 20.0 Å². The van der Waals surface area contributed by atoms with Gasteiger partial charge in [-0.15, -0.1) is 0 Å². The smallest absolute Gasteiger partial charge is 0.252 e. The fourth-order valence-corrected chi connectivity index (χ4v) is 2.15. The average molecular weight is 315 g/mol. The van der Waals surface area contributed by atoms with Gasteiger partial charge in [-0.1, -0.05) is 6.07 Å². The lowest BCUT2D eigenvalue weighted by molar-refractivity contribution is 0.0953. The SMILES string of the molecule is Cc1ccc(C(=O)NCCNCC(C)O)c(Br)c1. The van der Waals surface area contributed by atoms with Crippen LogP contribution in [0.15, 0.2) is 22.7 Å². The molecule has 0 saturated heterocycles. The van der Waals surface area contributed by atoms with E-state index in [1.54, 1.807) is 13.0 Å². The van der Waals surface area contributed by atoms with E-state index in [2.05, 4.69) is 26.6 Å². The Hall–Kier alpha value is -0.910. The standard InChI is InChI=1S/C13H19BrN2O2/c1-9-3-4-11(12(14)7-9)13(18)16-6-5-15-8-10(2)17/h3-4,7,10,15,17H,5-6,8H2,1-2H3,(H,16,18). The van der Waals surface area contributed by atoms with Crippen molar-refractivity contribution in [1.82, 2.24) is 10.6 Å². The molecule has 4 nitrogen and oxygen atoms in total. The van der Waals surface area contributed by atoms with E-state index in [0.29, 0.717) is 25.2 Å². The number of hydrogen-bond acceptors (Lipinski definition) is 3. The second-order valence-corrected chi connectivity index (χ2v) is 5.15. The van der Waals surface area contributed by atoms with E-state index in [1.807, 2.05) is 19.1 Å². The molecule has 0 aromatic heterocycles. The Morgan fingerprint density at radius 1 is 1.44 bits per heavy atom. The minimum atomic E-state index is -0.369. The predicted molar refractivity (Wildman–Crippen MR) is 75.8 cm³/mol. The number of amides is 1. The van der Waals surface area contributed by atoms with Crippen molar-refractivity contribution >= 4 is 21.8 Å². The van der Waals surface area contributed by atoms with Crippen molar-refractivity contribution < 1.29 is 9.90 Å². The first-order valence-corrected chi connectivity index (χ1v) is 6.73. The zero-order chi connectivity index (χ0) is 13.5. The Morgan fingerprint density at radius 2 is 2.17 bits per heavy atom. The third-order valence-corrected chi connectivity index (χ3v) is 3.05. The van der Waals surface area contributed by atoms with Gasteiger partial charge in [0.05, 0.1) is 11.7 Å². The molecule has 0 aliphatic heterocycles. The molecule has 100 valence electrons. The van der Waals surface area contributed by atoms with Crippen LogP contribution < -0.4 is 10.6 Å². The minimum Gasteiger partial charge on any atom is -0.392 e. The highest BCUT2D eigenvalue weighted by molar-refractivity contribution is 9.10. The van der Waals surface area contributed by atoms with Crippen molar-refractivity contribution in [3.63, 3.8) is 0 Å². The van der Waals surface area contributed by atoms with Crippen LogP contribution in [0.25, 0.3) is 0 Å². The van der Waals surface area contributed by atoms with Crippen molar-refractivity contribution in [1.29, 1.82) is 0 Å². The fraction of sp³-hybridized carbons (Fsp3) is 0.462. The van der Waals surface area contributed by atoms with E-state index < -0.39 is 0 Å². The molecule has 3 N–H and O–H groups in total. The van der Waals surface area contributed by atoms with Gasteiger partial charge in [-0.25, -0.2) is 0 Å². The Bertz CT molecular complexity index is 408. The third-order valence-electron chi connectivity index (χ3n) is 2.40. The molecule has 0 heterocycles. The summed E-state index contributed by atoms with van der Waals surface area (Å²) in [5.41, 5.74) is 1.74. The number of aryl methyl sites for hydroxylation is 1. The van der Waals surface area contributed by atoms with Gasteiger partial charge in [0.2, 0.25) is 0 Å². The highest BCUT2D eigenvalue weighted by Gasteiger charge is 2.08. The maximum atomic E-state index is 11.9. The first-order chi connectivity index (χ1) is 8.50. The van der Waals surface area contributed by atoms with E-state index >= 15 is 0 Å². The summed E-state index contributed by atoms with van der Waals surface area (Å²) in [4.78, 5) is 11.9. The number of carbonyl (C=O) groups is 1. The summed E-state index contributed by atoms with van der Waals surface area (Å²) in [7, 11) is 0. The van der Waals surface area contributed by atoms with Gasteiger partial charge in [-0.05, 0) is 47.5 Å². The number of aliphatic hydroxyl groups is 1.